The molecule has 0 bridgehead atoms. The summed E-state index contributed by atoms with van der Waals surface area (Å²) in [5, 5.41) is 5.78. The number of hydrogen-bond acceptors (Lipinski definition) is 3. The van der Waals surface area contributed by atoms with E-state index in [4.69, 9.17) is 5.73 Å². The second-order valence-corrected chi connectivity index (χ2v) is 3.91. The molecule has 0 saturated carbocycles. The Labute approximate surface area is 90.8 Å². The van der Waals surface area contributed by atoms with Crippen LogP contribution in [0.15, 0.2) is 0 Å². The number of carbonyl (C=O) groups is 2. The van der Waals surface area contributed by atoms with Crippen molar-refractivity contribution < 1.29 is 9.59 Å². The Morgan fingerprint density at radius 3 is 2.33 bits per heavy atom. The first-order chi connectivity index (χ1) is 7.02. The Balaban J connectivity index is 3.28. The third-order valence-electron chi connectivity index (χ3n) is 1.78. The van der Waals surface area contributed by atoms with Crippen LogP contribution in [0.25, 0.3) is 0 Å². The Morgan fingerprint density at radius 2 is 1.80 bits per heavy atom. The van der Waals surface area contributed by atoms with E-state index in [0.29, 0.717) is 38.4 Å². The van der Waals surface area contributed by atoms with Crippen molar-refractivity contribution in [3.63, 3.8) is 0 Å². The molecule has 0 aromatic rings. The minimum Gasteiger partial charge on any atom is -0.370 e. The van der Waals surface area contributed by atoms with Gasteiger partial charge in [-0.25, -0.2) is 0 Å². The first-order valence-corrected chi connectivity index (χ1v) is 5.28. The van der Waals surface area contributed by atoms with Gasteiger partial charge in [-0.2, -0.15) is 0 Å². The average molecular weight is 215 g/mol. The summed E-state index contributed by atoms with van der Waals surface area (Å²) >= 11 is 0. The summed E-state index contributed by atoms with van der Waals surface area (Å²) in [7, 11) is 0. The van der Waals surface area contributed by atoms with Gasteiger partial charge in [-0.15, -0.1) is 0 Å². The maximum Gasteiger partial charge on any atom is 0.221 e. The van der Waals surface area contributed by atoms with Gasteiger partial charge in [0, 0.05) is 32.5 Å². The number of nitrogens with two attached hydrogens (primary N) is 1. The Kier molecular flexibility index (Phi) is 7.62. The van der Waals surface area contributed by atoms with Crippen molar-refractivity contribution in [3.05, 3.63) is 0 Å². The van der Waals surface area contributed by atoms with Crippen LogP contribution in [0.4, 0.5) is 0 Å². The molecule has 0 unspecified atom stereocenters. The zero-order chi connectivity index (χ0) is 11.7. The predicted molar refractivity (Wildman–Crippen MR) is 59.1 cm³/mol. The molecule has 0 heterocycles. The van der Waals surface area contributed by atoms with E-state index in [1.807, 2.05) is 13.8 Å². The van der Waals surface area contributed by atoms with Crippen molar-refractivity contribution in [2.75, 3.05) is 19.6 Å². The van der Waals surface area contributed by atoms with Crippen molar-refractivity contribution in [1.82, 2.24) is 10.6 Å². The Bertz CT molecular complexity index is 205. The summed E-state index contributed by atoms with van der Waals surface area (Å²) in [5.41, 5.74) is 4.96. The highest BCUT2D eigenvalue weighted by atomic mass is 16.1. The van der Waals surface area contributed by atoms with Crippen LogP contribution in [0.2, 0.25) is 0 Å². The molecule has 88 valence electrons. The van der Waals surface area contributed by atoms with Gasteiger partial charge >= 0.3 is 0 Å². The van der Waals surface area contributed by atoms with Crippen LogP contribution in [0.3, 0.4) is 0 Å². The topological polar surface area (TPSA) is 84.2 Å². The van der Waals surface area contributed by atoms with Crippen LogP contribution in [0.5, 0.6) is 0 Å². The minimum atomic E-state index is -0.327. The van der Waals surface area contributed by atoms with E-state index < -0.39 is 0 Å². The molecule has 0 saturated heterocycles. The second kappa shape index (κ2) is 8.23. The molecule has 4 N–H and O–H groups in total. The number of carbonyl (C=O) groups excluding carboxylic acids is 2. The fourth-order valence-corrected chi connectivity index (χ4v) is 0.945. The molecule has 0 aliphatic carbocycles. The Morgan fingerprint density at radius 1 is 1.20 bits per heavy atom. The molecule has 15 heavy (non-hydrogen) atoms. The van der Waals surface area contributed by atoms with Crippen LogP contribution in [0, 0.1) is 5.92 Å². The molecule has 5 nitrogen and oxygen atoms in total. The molecule has 0 rings (SSSR count). The highest BCUT2D eigenvalue weighted by molar-refractivity contribution is 5.76. The monoisotopic (exact) mass is 215 g/mol. The largest absolute Gasteiger partial charge is 0.370 e. The molecule has 0 atom stereocenters. The summed E-state index contributed by atoms with van der Waals surface area (Å²) in [6.45, 7) is 5.92. The molecule has 0 fully saturated rings. The van der Waals surface area contributed by atoms with Crippen LogP contribution in [-0.4, -0.2) is 31.4 Å². The molecule has 2 amide bonds. The molecule has 0 aromatic heterocycles. The van der Waals surface area contributed by atoms with Crippen molar-refractivity contribution >= 4 is 11.8 Å². The SMILES string of the molecule is CC(C)CNC(=O)CCNCCC(N)=O. The third-order valence-corrected chi connectivity index (χ3v) is 1.78. The van der Waals surface area contributed by atoms with Crippen molar-refractivity contribution in [2.24, 2.45) is 11.7 Å². The highest BCUT2D eigenvalue weighted by Gasteiger charge is 2.01. The zero-order valence-electron chi connectivity index (χ0n) is 9.51. The number of rotatable bonds is 8. The average Bonchev–Trinajstić information content (AvgIpc) is 2.13. The van der Waals surface area contributed by atoms with Crippen LogP contribution in [-0.2, 0) is 9.59 Å². The first kappa shape index (κ1) is 13.9. The fourth-order valence-electron chi connectivity index (χ4n) is 0.945. The predicted octanol–water partition coefficient (Wildman–Crippen LogP) is -0.386. The standard InChI is InChI=1S/C10H21N3O2/c1-8(2)7-13-10(15)4-6-12-5-3-9(11)14/h8,12H,3-7H2,1-2H3,(H2,11,14)(H,13,15). The third kappa shape index (κ3) is 10.8. The lowest BCUT2D eigenvalue weighted by Gasteiger charge is -2.07. The summed E-state index contributed by atoms with van der Waals surface area (Å²) in [5.74, 6) is 0.179. The fraction of sp³-hybridized carbons (Fsp3) is 0.800. The van der Waals surface area contributed by atoms with Gasteiger partial charge in [0.05, 0.1) is 0 Å². The lowest BCUT2D eigenvalue weighted by Crippen LogP contribution is -2.31. The van der Waals surface area contributed by atoms with Crippen LogP contribution in [0.1, 0.15) is 26.7 Å². The molecular formula is C10H21N3O2. The molecule has 5 heteroatoms. The van der Waals surface area contributed by atoms with Crippen LogP contribution < -0.4 is 16.4 Å². The van der Waals surface area contributed by atoms with Gasteiger partial charge in [-0.1, -0.05) is 13.8 Å². The molecule has 0 radical (unpaired) electrons. The molecular weight excluding hydrogens is 194 g/mol. The Hall–Kier alpha value is -1.10. The highest BCUT2D eigenvalue weighted by Crippen LogP contribution is 1.87. The van der Waals surface area contributed by atoms with Crippen molar-refractivity contribution in [1.29, 1.82) is 0 Å². The molecule has 0 aromatic carbocycles. The van der Waals surface area contributed by atoms with Gasteiger partial charge < -0.3 is 16.4 Å². The quantitative estimate of drug-likeness (QED) is 0.482. The van der Waals surface area contributed by atoms with E-state index in [-0.39, 0.29) is 11.8 Å². The molecule has 0 spiro atoms. The van der Waals surface area contributed by atoms with Crippen LogP contribution >= 0.6 is 0 Å². The summed E-state index contributed by atoms with van der Waals surface area (Å²) in [6.07, 6.45) is 0.749. The maximum atomic E-state index is 11.2. The van der Waals surface area contributed by atoms with Gasteiger partial charge in [0.2, 0.25) is 11.8 Å². The van der Waals surface area contributed by atoms with Crippen molar-refractivity contribution in [3.8, 4) is 0 Å². The summed E-state index contributed by atoms with van der Waals surface area (Å²) in [4.78, 5) is 21.6. The summed E-state index contributed by atoms with van der Waals surface area (Å²) in [6, 6.07) is 0. The summed E-state index contributed by atoms with van der Waals surface area (Å²) < 4.78 is 0. The minimum absolute atomic E-state index is 0.0373. The van der Waals surface area contributed by atoms with Gasteiger partial charge in [0.25, 0.3) is 0 Å². The zero-order valence-corrected chi connectivity index (χ0v) is 9.51. The van der Waals surface area contributed by atoms with Gasteiger partial charge in [0.1, 0.15) is 0 Å². The number of primary amides is 1. The van der Waals surface area contributed by atoms with E-state index in [0.717, 1.165) is 0 Å². The van der Waals surface area contributed by atoms with E-state index in [1.54, 1.807) is 0 Å². The lowest BCUT2D eigenvalue weighted by atomic mass is 10.2. The van der Waals surface area contributed by atoms with Gasteiger partial charge in [-0.05, 0) is 5.92 Å². The van der Waals surface area contributed by atoms with E-state index in [1.165, 1.54) is 0 Å². The molecule has 0 aliphatic heterocycles. The van der Waals surface area contributed by atoms with Gasteiger partial charge in [-0.3, -0.25) is 9.59 Å². The number of hydrogen-bond donors (Lipinski definition) is 3. The maximum absolute atomic E-state index is 11.2. The lowest BCUT2D eigenvalue weighted by molar-refractivity contribution is -0.121. The normalized spacial score (nSPS) is 10.3. The van der Waals surface area contributed by atoms with E-state index in [2.05, 4.69) is 10.6 Å². The number of nitrogens with one attached hydrogen (secondary N) is 2. The smallest absolute Gasteiger partial charge is 0.221 e. The van der Waals surface area contributed by atoms with E-state index >= 15 is 0 Å². The second-order valence-electron chi connectivity index (χ2n) is 3.91. The molecule has 0 aliphatic rings. The van der Waals surface area contributed by atoms with Crippen molar-refractivity contribution in [2.45, 2.75) is 26.7 Å². The first-order valence-electron chi connectivity index (χ1n) is 5.28. The van der Waals surface area contributed by atoms with E-state index in [9.17, 15) is 9.59 Å². The number of amides is 2. The van der Waals surface area contributed by atoms with Gasteiger partial charge in [0.15, 0.2) is 0 Å².